The number of hydrogen-bond acceptors (Lipinski definition) is 8. The summed E-state index contributed by atoms with van der Waals surface area (Å²) in [6, 6.07) is 18.5. The van der Waals surface area contributed by atoms with Crippen molar-refractivity contribution in [3.8, 4) is 22.6 Å². The highest BCUT2D eigenvalue weighted by Gasteiger charge is 2.35. The molecule has 2 amide bonds. The molecule has 1 aliphatic heterocycles. The number of anilines is 1. The number of nitrogens with zero attached hydrogens (tertiary/aromatic N) is 3. The Balaban J connectivity index is 1.50. The minimum Gasteiger partial charge on any atom is -0.496 e. The Labute approximate surface area is 286 Å². The molecule has 2 atom stereocenters. The van der Waals surface area contributed by atoms with Gasteiger partial charge in [0, 0.05) is 42.3 Å². The summed E-state index contributed by atoms with van der Waals surface area (Å²) in [5.74, 6) is -0.842. The maximum Gasteiger partial charge on any atom is 0.417 e. The number of benzene rings is 3. The zero-order valence-corrected chi connectivity index (χ0v) is 27.4. The van der Waals surface area contributed by atoms with Crippen LogP contribution in [-0.4, -0.2) is 94.4 Å². The second-order valence-corrected chi connectivity index (χ2v) is 11.8. The molecule has 2 unspecified atom stereocenters. The van der Waals surface area contributed by atoms with Crippen LogP contribution in [0.4, 0.5) is 18.9 Å². The van der Waals surface area contributed by atoms with Crippen molar-refractivity contribution in [3.05, 3.63) is 101 Å². The van der Waals surface area contributed by atoms with Gasteiger partial charge in [0.15, 0.2) is 0 Å². The number of aliphatic hydroxyl groups excluding tert-OH is 4. The van der Waals surface area contributed by atoms with Crippen LogP contribution < -0.4 is 14.4 Å². The summed E-state index contributed by atoms with van der Waals surface area (Å²) in [4.78, 5) is 30.5. The number of halogens is 3. The molecule has 50 heavy (non-hydrogen) atoms. The van der Waals surface area contributed by atoms with Crippen molar-refractivity contribution in [2.45, 2.75) is 37.9 Å². The summed E-state index contributed by atoms with van der Waals surface area (Å²) >= 11 is 0. The zero-order chi connectivity index (χ0) is 36.2. The molecule has 266 valence electrons. The Morgan fingerprint density at radius 1 is 0.880 bits per heavy atom. The zero-order valence-electron chi connectivity index (χ0n) is 27.4. The Morgan fingerprint density at radius 2 is 1.58 bits per heavy atom. The van der Waals surface area contributed by atoms with E-state index in [1.54, 1.807) is 24.3 Å². The predicted octanol–water partition coefficient (Wildman–Crippen LogP) is 3.48. The molecule has 11 nitrogen and oxygen atoms in total. The fraction of sp³-hybridized carbons (Fsp3) is 0.333. The van der Waals surface area contributed by atoms with Crippen molar-refractivity contribution in [1.29, 1.82) is 0 Å². The third kappa shape index (κ3) is 7.48. The van der Waals surface area contributed by atoms with Crippen LogP contribution in [-0.2, 0) is 30.5 Å². The van der Waals surface area contributed by atoms with Crippen LogP contribution in [0.2, 0.25) is 0 Å². The summed E-state index contributed by atoms with van der Waals surface area (Å²) in [7, 11) is 2.64. The second-order valence-electron chi connectivity index (χ2n) is 11.8. The SMILES string of the molecule is COc1cc(-c2ccccc2C(F)(F)F)c(OC)cc1C(=O)N1Cc2ccc(CC(=O)N(CCO)CC(O)C(O)CO)n2Cc2ccccc21. The first-order chi connectivity index (χ1) is 23.9. The number of carbonyl (C=O) groups is 2. The highest BCUT2D eigenvalue weighted by atomic mass is 19.4. The van der Waals surface area contributed by atoms with Gasteiger partial charge in [-0.1, -0.05) is 36.4 Å². The van der Waals surface area contributed by atoms with Gasteiger partial charge in [-0.3, -0.25) is 9.59 Å². The monoisotopic (exact) mass is 697 g/mol. The van der Waals surface area contributed by atoms with Crippen LogP contribution in [0.1, 0.15) is 32.9 Å². The maximum absolute atomic E-state index is 14.4. The summed E-state index contributed by atoms with van der Waals surface area (Å²) in [5, 5.41) is 38.7. The van der Waals surface area contributed by atoms with Crippen molar-refractivity contribution < 1.29 is 52.7 Å². The van der Waals surface area contributed by atoms with Crippen LogP contribution in [0.3, 0.4) is 0 Å². The molecule has 4 N–H and O–H groups in total. The molecule has 1 aromatic heterocycles. The van der Waals surface area contributed by atoms with E-state index in [1.165, 1.54) is 54.4 Å². The van der Waals surface area contributed by atoms with Gasteiger partial charge in [-0.25, -0.2) is 0 Å². The van der Waals surface area contributed by atoms with Gasteiger partial charge in [-0.15, -0.1) is 0 Å². The number of aromatic nitrogens is 1. The molecule has 0 spiro atoms. The summed E-state index contributed by atoms with van der Waals surface area (Å²) < 4.78 is 54.8. The van der Waals surface area contributed by atoms with E-state index in [2.05, 4.69) is 0 Å². The highest BCUT2D eigenvalue weighted by molar-refractivity contribution is 6.09. The van der Waals surface area contributed by atoms with Crippen molar-refractivity contribution in [3.63, 3.8) is 0 Å². The lowest BCUT2D eigenvalue weighted by molar-refractivity contribution is -0.137. The molecule has 1 aliphatic rings. The fourth-order valence-corrected chi connectivity index (χ4v) is 6.12. The first-order valence-corrected chi connectivity index (χ1v) is 15.8. The number of amides is 2. The average molecular weight is 698 g/mol. The number of methoxy groups -OCH3 is 2. The largest absolute Gasteiger partial charge is 0.496 e. The Hall–Kier alpha value is -4.89. The number of hydrogen-bond donors (Lipinski definition) is 4. The molecule has 2 heterocycles. The first-order valence-electron chi connectivity index (χ1n) is 15.8. The number of carbonyl (C=O) groups excluding carboxylic acids is 2. The van der Waals surface area contributed by atoms with Gasteiger partial charge in [0.25, 0.3) is 5.91 Å². The minimum absolute atomic E-state index is 0.0437. The highest BCUT2D eigenvalue weighted by Crippen LogP contribution is 2.43. The lowest BCUT2D eigenvalue weighted by atomic mass is 9.96. The molecule has 5 rings (SSSR count). The van der Waals surface area contributed by atoms with Crippen molar-refractivity contribution >= 4 is 17.5 Å². The summed E-state index contributed by atoms with van der Waals surface area (Å²) in [6.45, 7) is -1.11. The van der Waals surface area contributed by atoms with E-state index in [9.17, 15) is 43.2 Å². The van der Waals surface area contributed by atoms with E-state index in [1.807, 2.05) is 16.7 Å². The van der Waals surface area contributed by atoms with Crippen molar-refractivity contribution in [2.75, 3.05) is 45.4 Å². The predicted molar refractivity (Wildman–Crippen MR) is 177 cm³/mol. The van der Waals surface area contributed by atoms with E-state index in [0.717, 1.165) is 11.6 Å². The molecule has 0 saturated heterocycles. The summed E-state index contributed by atoms with van der Waals surface area (Å²) in [6.07, 6.45) is -7.64. The number of fused-ring (bicyclic) bond motifs is 2. The van der Waals surface area contributed by atoms with Crippen LogP contribution in [0.25, 0.3) is 11.1 Å². The van der Waals surface area contributed by atoms with Crippen LogP contribution in [0, 0.1) is 0 Å². The van der Waals surface area contributed by atoms with Crippen molar-refractivity contribution in [1.82, 2.24) is 9.47 Å². The van der Waals surface area contributed by atoms with E-state index >= 15 is 0 Å². The van der Waals surface area contributed by atoms with E-state index in [4.69, 9.17) is 9.47 Å². The van der Waals surface area contributed by atoms with Gasteiger partial charge in [-0.2, -0.15) is 13.2 Å². The molecular weight excluding hydrogens is 659 g/mol. The molecule has 0 saturated carbocycles. The Morgan fingerprint density at radius 3 is 2.26 bits per heavy atom. The molecule has 3 aromatic carbocycles. The summed E-state index contributed by atoms with van der Waals surface area (Å²) in [5.41, 5.74) is 1.77. The first kappa shape index (κ1) is 36.4. The molecular formula is C36H38F3N3O8. The Bertz CT molecular complexity index is 1840. The van der Waals surface area contributed by atoms with Gasteiger partial charge in [-0.05, 0) is 47.5 Å². The molecule has 0 fully saturated rings. The maximum atomic E-state index is 14.4. The second kappa shape index (κ2) is 15.3. The Kier molecular flexibility index (Phi) is 11.2. The standard InChI is InChI=1S/C36H38F3N3O8/c1-49-32-17-27(33(50-2)16-26(32)25-8-4-5-9-28(25)36(37,38)39)35(48)42-19-24-12-11-23(41(24)18-22-7-3-6-10-29(22)42)15-34(47)40(13-14-43)20-30(45)31(46)21-44/h3-12,16-17,30-31,43-46H,13-15,18-21H2,1-2H3. The average Bonchev–Trinajstić information content (AvgIpc) is 3.39. The van der Waals surface area contributed by atoms with Crippen LogP contribution in [0.15, 0.2) is 72.8 Å². The molecule has 0 bridgehead atoms. The van der Waals surface area contributed by atoms with Gasteiger partial charge in [0.2, 0.25) is 5.91 Å². The van der Waals surface area contributed by atoms with Gasteiger partial charge in [0.05, 0.1) is 57.6 Å². The quantitative estimate of drug-likeness (QED) is 0.176. The molecule has 14 heteroatoms. The lowest BCUT2D eigenvalue weighted by Crippen LogP contribution is -2.45. The third-order valence-electron chi connectivity index (χ3n) is 8.71. The number of rotatable bonds is 12. The third-order valence-corrected chi connectivity index (χ3v) is 8.71. The van der Waals surface area contributed by atoms with Crippen LogP contribution in [0.5, 0.6) is 11.5 Å². The smallest absolute Gasteiger partial charge is 0.417 e. The van der Waals surface area contributed by atoms with E-state index in [0.29, 0.717) is 23.6 Å². The van der Waals surface area contributed by atoms with E-state index in [-0.39, 0.29) is 60.9 Å². The number of aliphatic hydroxyl groups is 4. The van der Waals surface area contributed by atoms with Crippen molar-refractivity contribution in [2.24, 2.45) is 0 Å². The normalized spacial score (nSPS) is 13.9. The number of ether oxygens (including phenoxy) is 2. The molecule has 0 radical (unpaired) electrons. The lowest BCUT2D eigenvalue weighted by Gasteiger charge is -2.26. The fourth-order valence-electron chi connectivity index (χ4n) is 6.12. The van der Waals surface area contributed by atoms with Crippen LogP contribution >= 0.6 is 0 Å². The van der Waals surface area contributed by atoms with Gasteiger partial charge in [0.1, 0.15) is 17.6 Å². The molecule has 4 aromatic rings. The van der Waals surface area contributed by atoms with E-state index < -0.39 is 42.4 Å². The minimum atomic E-state index is -4.64. The van der Waals surface area contributed by atoms with Gasteiger partial charge >= 0.3 is 6.18 Å². The van der Waals surface area contributed by atoms with Gasteiger partial charge < -0.3 is 44.3 Å². The topological polar surface area (TPSA) is 145 Å². The number of alkyl halides is 3. The number of para-hydroxylation sites is 1. The molecule has 0 aliphatic carbocycles.